The molecule has 2 atom stereocenters. The number of hydrogen-bond donors (Lipinski definition) is 2. The molecule has 0 spiro atoms. The van der Waals surface area contributed by atoms with Gasteiger partial charge in [-0.25, -0.2) is 0 Å². The van der Waals surface area contributed by atoms with E-state index in [1.54, 1.807) is 0 Å². The Kier molecular flexibility index (Phi) is 7.43. The van der Waals surface area contributed by atoms with Crippen molar-refractivity contribution < 1.29 is 14.2 Å². The molecule has 2 unspecified atom stereocenters. The number of ether oxygens (including phenoxy) is 3. The molecule has 1 heterocycles. The zero-order valence-electron chi connectivity index (χ0n) is 18.3. The summed E-state index contributed by atoms with van der Waals surface area (Å²) in [7, 11) is 0. The molecule has 1 aliphatic carbocycles. The molecular formula is C26H28N4O3. The zero-order chi connectivity index (χ0) is 22.9. The zero-order valence-corrected chi connectivity index (χ0v) is 18.3. The largest absolute Gasteiger partial charge is 0.489 e. The first-order valence-electron chi connectivity index (χ1n) is 10.9. The van der Waals surface area contributed by atoms with E-state index >= 15 is 0 Å². The molecule has 33 heavy (non-hydrogen) atoms. The van der Waals surface area contributed by atoms with Crippen LogP contribution in [0.5, 0.6) is 17.2 Å². The molecule has 2 aromatic rings. The second kappa shape index (κ2) is 11.0. The van der Waals surface area contributed by atoms with Crippen molar-refractivity contribution in [3.63, 3.8) is 0 Å². The smallest absolute Gasteiger partial charge is 0.157 e. The summed E-state index contributed by atoms with van der Waals surface area (Å²) in [6.45, 7) is 0.992. The number of hydrogen-bond acceptors (Lipinski definition) is 6. The number of hydrazone groups is 1. The molecule has 7 nitrogen and oxygen atoms in total. The molecule has 0 aromatic heterocycles. The van der Waals surface area contributed by atoms with E-state index in [9.17, 15) is 0 Å². The van der Waals surface area contributed by atoms with Gasteiger partial charge >= 0.3 is 0 Å². The van der Waals surface area contributed by atoms with E-state index in [1.165, 1.54) is 0 Å². The summed E-state index contributed by atoms with van der Waals surface area (Å²) in [4.78, 5) is 4.82. The van der Waals surface area contributed by atoms with E-state index in [2.05, 4.69) is 41.6 Å². The van der Waals surface area contributed by atoms with Crippen molar-refractivity contribution in [1.82, 2.24) is 0 Å². The number of benzene rings is 2. The van der Waals surface area contributed by atoms with Crippen LogP contribution >= 0.6 is 0 Å². The number of fused-ring (bicyclic) bond motifs is 2. The lowest BCUT2D eigenvalue weighted by atomic mass is 10.0. The lowest BCUT2D eigenvalue weighted by Crippen LogP contribution is -2.22. The molecule has 7 heteroatoms. The fraction of sp³-hybridized carbons (Fsp3) is 0.231. The van der Waals surface area contributed by atoms with E-state index in [1.807, 2.05) is 48.5 Å². The highest BCUT2D eigenvalue weighted by Gasteiger charge is 2.15. The predicted octanol–water partition coefficient (Wildman–Crippen LogP) is 3.77. The van der Waals surface area contributed by atoms with Crippen molar-refractivity contribution in [2.24, 2.45) is 27.6 Å². The Morgan fingerprint density at radius 2 is 1.67 bits per heavy atom. The number of aliphatic imine (C=N–C) groups is 1. The van der Waals surface area contributed by atoms with Gasteiger partial charge in [-0.15, -0.1) is 0 Å². The number of nitrogens with two attached hydrogens (primary N) is 2. The van der Waals surface area contributed by atoms with E-state index in [0.29, 0.717) is 24.9 Å². The molecule has 170 valence electrons. The fourth-order valence-electron chi connectivity index (χ4n) is 3.50. The summed E-state index contributed by atoms with van der Waals surface area (Å²) >= 11 is 0. The Morgan fingerprint density at radius 3 is 2.45 bits per heavy atom. The Morgan fingerprint density at radius 1 is 0.909 bits per heavy atom. The van der Waals surface area contributed by atoms with Crippen LogP contribution < -0.4 is 25.8 Å². The van der Waals surface area contributed by atoms with Crippen molar-refractivity contribution in [3.05, 3.63) is 90.6 Å². The summed E-state index contributed by atoms with van der Waals surface area (Å²) in [6.07, 6.45) is 13.8. The van der Waals surface area contributed by atoms with Gasteiger partial charge in [0, 0.05) is 6.07 Å². The van der Waals surface area contributed by atoms with Gasteiger partial charge in [0.15, 0.2) is 5.84 Å². The highest BCUT2D eigenvalue weighted by atomic mass is 16.5. The van der Waals surface area contributed by atoms with Gasteiger partial charge < -0.3 is 25.8 Å². The average molecular weight is 445 g/mol. The quantitative estimate of drug-likeness (QED) is 0.265. The van der Waals surface area contributed by atoms with Gasteiger partial charge in [0.1, 0.15) is 37.1 Å². The summed E-state index contributed by atoms with van der Waals surface area (Å²) in [5, 5.41) is 3.38. The van der Waals surface area contributed by atoms with Gasteiger partial charge in [0.2, 0.25) is 0 Å². The number of rotatable bonds is 9. The minimum atomic E-state index is 0.149. The van der Waals surface area contributed by atoms with Crippen molar-refractivity contribution in [2.45, 2.75) is 19.1 Å². The molecule has 2 aliphatic rings. The lowest BCUT2D eigenvalue weighted by Gasteiger charge is -2.11. The molecule has 0 fully saturated rings. The second-order valence-electron chi connectivity index (χ2n) is 7.82. The molecule has 0 amide bonds. The molecular weight excluding hydrogens is 416 g/mol. The van der Waals surface area contributed by atoms with Crippen molar-refractivity contribution in [3.8, 4) is 17.2 Å². The molecule has 0 saturated heterocycles. The molecule has 0 saturated carbocycles. The highest BCUT2D eigenvalue weighted by molar-refractivity contribution is 5.96. The lowest BCUT2D eigenvalue weighted by molar-refractivity contribution is 0.302. The van der Waals surface area contributed by atoms with Crippen LogP contribution in [0.1, 0.15) is 12.0 Å². The number of amidine groups is 1. The Hall–Kier alpha value is -4.00. The minimum Gasteiger partial charge on any atom is -0.489 e. The van der Waals surface area contributed by atoms with Crippen LogP contribution in [0, 0.1) is 5.92 Å². The number of nitrogens with zero attached hydrogens (tertiary/aromatic N) is 2. The number of allylic oxidation sites excluding steroid dienone is 4. The van der Waals surface area contributed by atoms with E-state index in [0.717, 1.165) is 29.2 Å². The van der Waals surface area contributed by atoms with E-state index in [4.69, 9.17) is 30.8 Å². The van der Waals surface area contributed by atoms with E-state index in [-0.39, 0.29) is 18.5 Å². The van der Waals surface area contributed by atoms with Crippen LogP contribution in [0.2, 0.25) is 0 Å². The Bertz CT molecular complexity index is 1090. The topological polar surface area (TPSA) is 104 Å². The van der Waals surface area contributed by atoms with Gasteiger partial charge in [0.25, 0.3) is 0 Å². The van der Waals surface area contributed by atoms with Crippen LogP contribution in [0.15, 0.2) is 95.1 Å². The van der Waals surface area contributed by atoms with Crippen LogP contribution in [-0.4, -0.2) is 30.8 Å². The summed E-state index contributed by atoms with van der Waals surface area (Å²) in [5.41, 5.74) is 7.48. The summed E-state index contributed by atoms with van der Waals surface area (Å²) in [5.74, 6) is 7.91. The van der Waals surface area contributed by atoms with Crippen LogP contribution in [0.3, 0.4) is 0 Å². The standard InChI is InChI=1S/C26H28N4O3/c27-26(30-28)18-33-23-12-9-20(10-13-23)16-31-24-6-3-7-25(15-24)32-17-22-11-8-19-4-1-2-5-21(14-19)29-22/h1-13,15,19,21H,14,16-18,28H2,(H2,27,30). The highest BCUT2D eigenvalue weighted by Crippen LogP contribution is 2.23. The fourth-order valence-corrected chi connectivity index (χ4v) is 3.50. The van der Waals surface area contributed by atoms with Crippen molar-refractivity contribution in [1.29, 1.82) is 0 Å². The average Bonchev–Trinajstić information content (AvgIpc) is 3.20. The Balaban J connectivity index is 1.29. The van der Waals surface area contributed by atoms with Gasteiger partial charge in [-0.05, 0) is 48.2 Å². The normalized spacial score (nSPS) is 19.4. The monoisotopic (exact) mass is 444 g/mol. The maximum Gasteiger partial charge on any atom is 0.157 e. The van der Waals surface area contributed by atoms with E-state index < -0.39 is 0 Å². The maximum absolute atomic E-state index is 6.00. The van der Waals surface area contributed by atoms with Gasteiger partial charge in [-0.1, -0.05) is 48.6 Å². The third kappa shape index (κ3) is 6.74. The van der Waals surface area contributed by atoms with Crippen LogP contribution in [-0.2, 0) is 6.61 Å². The summed E-state index contributed by atoms with van der Waals surface area (Å²) < 4.78 is 17.4. The molecule has 4 N–H and O–H groups in total. The first-order chi connectivity index (χ1) is 16.2. The molecule has 1 aliphatic heterocycles. The first-order valence-corrected chi connectivity index (χ1v) is 10.9. The van der Waals surface area contributed by atoms with Crippen LogP contribution in [0.4, 0.5) is 0 Å². The first kappa shape index (κ1) is 22.2. The third-order valence-electron chi connectivity index (χ3n) is 5.26. The van der Waals surface area contributed by atoms with Crippen molar-refractivity contribution in [2.75, 3.05) is 13.2 Å². The minimum absolute atomic E-state index is 0.149. The van der Waals surface area contributed by atoms with Gasteiger partial charge in [0.05, 0.1) is 11.8 Å². The molecule has 2 bridgehead atoms. The Labute approximate surface area is 193 Å². The third-order valence-corrected chi connectivity index (χ3v) is 5.26. The van der Waals surface area contributed by atoms with Crippen molar-refractivity contribution >= 4 is 11.5 Å². The SMILES string of the molecule is N/N=C(\N)COc1ccc(COc2cccc(OCC3=NC4C=CC=CC(C=C3)C4)c2)cc1. The van der Waals surface area contributed by atoms with Gasteiger partial charge in [-0.2, -0.15) is 5.10 Å². The maximum atomic E-state index is 6.00. The predicted molar refractivity (Wildman–Crippen MR) is 131 cm³/mol. The second-order valence-corrected chi connectivity index (χ2v) is 7.82. The molecule has 2 aromatic carbocycles. The van der Waals surface area contributed by atoms with Crippen LogP contribution in [0.25, 0.3) is 0 Å². The summed E-state index contributed by atoms with van der Waals surface area (Å²) in [6, 6.07) is 15.4. The molecule has 4 rings (SSSR count). The molecule has 0 radical (unpaired) electrons. The van der Waals surface area contributed by atoms with Gasteiger partial charge in [-0.3, -0.25) is 4.99 Å².